The van der Waals surface area contributed by atoms with Crippen LogP contribution in [0.2, 0.25) is 0 Å². The molecule has 7 nitrogen and oxygen atoms in total. The van der Waals surface area contributed by atoms with Crippen LogP contribution in [0.15, 0.2) is 40.9 Å². The van der Waals surface area contributed by atoms with Crippen molar-refractivity contribution in [3.63, 3.8) is 0 Å². The van der Waals surface area contributed by atoms with Crippen LogP contribution in [0.3, 0.4) is 0 Å². The second-order valence-corrected chi connectivity index (χ2v) is 4.87. The summed E-state index contributed by atoms with van der Waals surface area (Å²) in [5, 5.41) is 5.38. The number of aromatic nitrogens is 1. The van der Waals surface area contributed by atoms with Crippen LogP contribution < -0.4 is 5.73 Å². The van der Waals surface area contributed by atoms with Crippen molar-refractivity contribution >= 4 is 34.1 Å². The molecule has 0 saturated heterocycles. The molecule has 114 valence electrons. The number of nitrogens with zero attached hydrogens (tertiary/aromatic N) is 2. The zero-order valence-corrected chi connectivity index (χ0v) is 12.5. The first-order valence-corrected chi connectivity index (χ1v) is 7.22. The Morgan fingerprint density at radius 2 is 2.05 bits per heavy atom. The molecule has 0 aliphatic carbocycles. The van der Waals surface area contributed by atoms with E-state index in [2.05, 4.69) is 10.1 Å². The molecule has 1 heterocycles. The Kier molecular flexibility index (Phi) is 5.21. The highest BCUT2D eigenvalue weighted by molar-refractivity contribution is 7.13. The number of esters is 1. The van der Waals surface area contributed by atoms with Gasteiger partial charge in [0.25, 0.3) is 0 Å². The van der Waals surface area contributed by atoms with Crippen LogP contribution in [-0.4, -0.2) is 29.2 Å². The molecule has 0 spiro atoms. The van der Waals surface area contributed by atoms with Gasteiger partial charge in [-0.15, -0.1) is 11.3 Å². The fourth-order valence-electron chi connectivity index (χ4n) is 1.50. The average Bonchev–Trinajstić information content (AvgIpc) is 2.95. The number of anilines is 1. The van der Waals surface area contributed by atoms with Crippen molar-refractivity contribution in [3.8, 4) is 0 Å². The smallest absolute Gasteiger partial charge is 0.365 e. The highest BCUT2D eigenvalue weighted by atomic mass is 32.1. The van der Waals surface area contributed by atoms with Crippen LogP contribution in [0.25, 0.3) is 0 Å². The van der Waals surface area contributed by atoms with Gasteiger partial charge in [-0.3, -0.25) is 0 Å². The number of ether oxygens (including phenoxy) is 1. The van der Waals surface area contributed by atoms with Crippen molar-refractivity contribution in [1.29, 1.82) is 0 Å². The van der Waals surface area contributed by atoms with Gasteiger partial charge in [0.15, 0.2) is 5.13 Å². The van der Waals surface area contributed by atoms with E-state index in [0.29, 0.717) is 5.56 Å². The molecule has 0 radical (unpaired) electrons. The van der Waals surface area contributed by atoms with E-state index in [1.807, 2.05) is 0 Å². The molecule has 0 fully saturated rings. The number of rotatable bonds is 5. The van der Waals surface area contributed by atoms with Gasteiger partial charge in [-0.05, 0) is 19.1 Å². The molecule has 2 rings (SSSR count). The lowest BCUT2D eigenvalue weighted by molar-refractivity contribution is -0.135. The lowest BCUT2D eigenvalue weighted by Gasteiger charge is -2.03. The highest BCUT2D eigenvalue weighted by Gasteiger charge is 2.20. The first kappa shape index (κ1) is 15.6. The highest BCUT2D eigenvalue weighted by Crippen LogP contribution is 2.13. The van der Waals surface area contributed by atoms with Gasteiger partial charge in [0.2, 0.25) is 5.71 Å². The summed E-state index contributed by atoms with van der Waals surface area (Å²) in [6.45, 7) is 1.81. The molecular weight excluding hydrogens is 306 g/mol. The molecule has 2 aromatic rings. The van der Waals surface area contributed by atoms with E-state index in [1.54, 1.807) is 37.3 Å². The van der Waals surface area contributed by atoms with Crippen molar-refractivity contribution in [2.45, 2.75) is 6.92 Å². The molecule has 1 aromatic heterocycles. The fourth-order valence-corrected chi connectivity index (χ4v) is 2.05. The first-order valence-electron chi connectivity index (χ1n) is 6.34. The third kappa shape index (κ3) is 3.89. The van der Waals surface area contributed by atoms with E-state index < -0.39 is 11.9 Å². The van der Waals surface area contributed by atoms with E-state index in [0.717, 1.165) is 11.3 Å². The van der Waals surface area contributed by atoms with Crippen molar-refractivity contribution in [2.75, 3.05) is 12.3 Å². The summed E-state index contributed by atoms with van der Waals surface area (Å²) >= 11 is 1.14. The van der Waals surface area contributed by atoms with Gasteiger partial charge in [-0.25, -0.2) is 14.6 Å². The summed E-state index contributed by atoms with van der Waals surface area (Å²) in [7, 11) is 0. The summed E-state index contributed by atoms with van der Waals surface area (Å²) in [5.74, 6) is -1.43. The lowest BCUT2D eigenvalue weighted by atomic mass is 10.2. The number of hydrogen-bond donors (Lipinski definition) is 1. The largest absolute Gasteiger partial charge is 0.461 e. The first-order chi connectivity index (χ1) is 10.6. The third-order valence-electron chi connectivity index (χ3n) is 2.46. The molecule has 0 aliphatic rings. The SMILES string of the molecule is CCOC(=O)C(=NOC(=O)c1ccccc1)c1csc(N)n1. The van der Waals surface area contributed by atoms with Gasteiger partial charge in [-0.1, -0.05) is 23.4 Å². The van der Waals surface area contributed by atoms with Crippen LogP contribution in [0, 0.1) is 0 Å². The van der Waals surface area contributed by atoms with Gasteiger partial charge in [0.05, 0.1) is 12.2 Å². The van der Waals surface area contributed by atoms with E-state index in [4.69, 9.17) is 15.3 Å². The fraction of sp³-hybridized carbons (Fsp3) is 0.143. The maximum absolute atomic E-state index is 11.9. The van der Waals surface area contributed by atoms with Crippen molar-refractivity contribution in [2.24, 2.45) is 5.16 Å². The predicted molar refractivity (Wildman–Crippen MR) is 81.6 cm³/mol. The molecule has 22 heavy (non-hydrogen) atoms. The molecule has 0 unspecified atom stereocenters. The number of nitrogens with two attached hydrogens (primary N) is 1. The minimum atomic E-state index is -0.742. The summed E-state index contributed by atoms with van der Waals surface area (Å²) in [5.41, 5.74) is 5.83. The Bertz CT molecular complexity index is 697. The molecule has 1 aromatic carbocycles. The number of hydrogen-bond acceptors (Lipinski definition) is 8. The lowest BCUT2D eigenvalue weighted by Crippen LogP contribution is -2.20. The number of carbonyl (C=O) groups is 2. The Hall–Kier alpha value is -2.74. The summed E-state index contributed by atoms with van der Waals surface area (Å²) in [6.07, 6.45) is 0. The van der Waals surface area contributed by atoms with Crippen molar-refractivity contribution in [3.05, 3.63) is 47.0 Å². The van der Waals surface area contributed by atoms with Crippen molar-refractivity contribution < 1.29 is 19.2 Å². The van der Waals surface area contributed by atoms with Crippen LogP contribution in [-0.2, 0) is 14.4 Å². The zero-order chi connectivity index (χ0) is 15.9. The molecule has 8 heteroatoms. The number of oxime groups is 1. The van der Waals surface area contributed by atoms with Crippen LogP contribution in [0.5, 0.6) is 0 Å². The normalized spacial score (nSPS) is 11.0. The molecule has 0 saturated carbocycles. The Balaban J connectivity index is 2.21. The maximum Gasteiger partial charge on any atom is 0.365 e. The summed E-state index contributed by atoms with van der Waals surface area (Å²) in [6, 6.07) is 8.29. The number of benzene rings is 1. The van der Waals surface area contributed by atoms with Crippen LogP contribution >= 0.6 is 11.3 Å². The van der Waals surface area contributed by atoms with E-state index >= 15 is 0 Å². The standard InChI is InChI=1S/C14H13N3O4S/c1-2-20-13(19)11(10-8-22-14(15)16-10)17-21-12(18)9-6-4-3-5-7-9/h3-8H,2H2,1H3,(H2,15,16). The van der Waals surface area contributed by atoms with Gasteiger partial charge in [-0.2, -0.15) is 0 Å². The predicted octanol–water partition coefficient (Wildman–Crippen LogP) is 1.85. The van der Waals surface area contributed by atoms with Crippen LogP contribution in [0.4, 0.5) is 5.13 Å². The molecule has 0 amide bonds. The van der Waals surface area contributed by atoms with Gasteiger partial charge in [0.1, 0.15) is 5.69 Å². The summed E-state index contributed by atoms with van der Waals surface area (Å²) in [4.78, 5) is 32.5. The average molecular weight is 319 g/mol. The topological polar surface area (TPSA) is 104 Å². The molecule has 2 N–H and O–H groups in total. The van der Waals surface area contributed by atoms with Crippen LogP contribution in [0.1, 0.15) is 23.0 Å². The van der Waals surface area contributed by atoms with Gasteiger partial charge < -0.3 is 15.3 Å². The Morgan fingerprint density at radius 3 is 2.64 bits per heavy atom. The van der Waals surface area contributed by atoms with Gasteiger partial charge >= 0.3 is 11.9 Å². The minimum absolute atomic E-state index is 0.157. The number of carbonyl (C=O) groups excluding carboxylic acids is 2. The Morgan fingerprint density at radius 1 is 1.32 bits per heavy atom. The molecule has 0 bridgehead atoms. The second kappa shape index (κ2) is 7.32. The zero-order valence-electron chi connectivity index (χ0n) is 11.7. The maximum atomic E-state index is 11.9. The molecule has 0 aliphatic heterocycles. The van der Waals surface area contributed by atoms with Gasteiger partial charge in [0, 0.05) is 5.38 Å². The third-order valence-corrected chi connectivity index (χ3v) is 3.14. The number of thiazole rings is 1. The number of nitrogen functional groups attached to an aromatic ring is 1. The quantitative estimate of drug-likeness (QED) is 0.390. The monoisotopic (exact) mass is 319 g/mol. The summed E-state index contributed by atoms with van der Waals surface area (Å²) < 4.78 is 4.87. The minimum Gasteiger partial charge on any atom is -0.461 e. The molecular formula is C14H13N3O4S. The Labute approximate surface area is 130 Å². The van der Waals surface area contributed by atoms with E-state index in [9.17, 15) is 9.59 Å². The van der Waals surface area contributed by atoms with E-state index in [1.165, 1.54) is 5.38 Å². The molecule has 0 atom stereocenters. The van der Waals surface area contributed by atoms with E-state index in [-0.39, 0.29) is 23.1 Å². The second-order valence-electron chi connectivity index (χ2n) is 3.98. The van der Waals surface area contributed by atoms with Crippen molar-refractivity contribution in [1.82, 2.24) is 4.98 Å².